The van der Waals surface area contributed by atoms with Crippen molar-refractivity contribution in [2.45, 2.75) is 43.0 Å². The van der Waals surface area contributed by atoms with E-state index in [-0.39, 0.29) is 24.4 Å². The molecule has 1 atom stereocenters. The molecule has 0 spiro atoms. The van der Waals surface area contributed by atoms with E-state index in [0.29, 0.717) is 12.6 Å². The molecule has 6 heteroatoms. The molecule has 3 N–H and O–H groups in total. The molecule has 0 bridgehead atoms. The lowest BCUT2D eigenvalue weighted by Crippen LogP contribution is -2.59. The van der Waals surface area contributed by atoms with Crippen molar-refractivity contribution in [2.24, 2.45) is 0 Å². The molecule has 0 aromatic heterocycles. The maximum atomic E-state index is 12.0. The average Bonchev–Trinajstić information content (AvgIpc) is 2.40. The molecule has 18 heavy (non-hydrogen) atoms. The van der Waals surface area contributed by atoms with E-state index in [1.54, 1.807) is 0 Å². The lowest BCUT2D eigenvalue weighted by Gasteiger charge is -2.30. The van der Waals surface area contributed by atoms with Crippen LogP contribution in [0.5, 0.6) is 0 Å². The van der Waals surface area contributed by atoms with Gasteiger partial charge in [-0.3, -0.25) is 14.9 Å². The Morgan fingerprint density at radius 2 is 2.06 bits per heavy atom. The van der Waals surface area contributed by atoms with Crippen LogP contribution in [0, 0.1) is 0 Å². The van der Waals surface area contributed by atoms with Gasteiger partial charge in [0.05, 0.1) is 6.54 Å². The van der Waals surface area contributed by atoms with E-state index in [4.69, 9.17) is 0 Å². The first-order valence-electron chi connectivity index (χ1n) is 6.52. The predicted molar refractivity (Wildman–Crippen MR) is 72.5 cm³/mol. The molecule has 1 aliphatic carbocycles. The van der Waals surface area contributed by atoms with Crippen molar-refractivity contribution in [2.75, 3.05) is 19.3 Å². The molecule has 5 nitrogen and oxygen atoms in total. The summed E-state index contributed by atoms with van der Waals surface area (Å²) < 4.78 is 0. The number of carbonyl (C=O) groups excluding carboxylic acids is 2. The SMILES string of the molecule is CSC1CCC(NC(=O)C2CNC(=O)CN2)CC1. The molecule has 102 valence electrons. The highest BCUT2D eigenvalue weighted by atomic mass is 32.2. The maximum absolute atomic E-state index is 12.0. The van der Waals surface area contributed by atoms with Crippen LogP contribution in [0.4, 0.5) is 0 Å². The zero-order valence-corrected chi connectivity index (χ0v) is 11.5. The van der Waals surface area contributed by atoms with Gasteiger partial charge in [-0.2, -0.15) is 11.8 Å². The van der Waals surface area contributed by atoms with Crippen LogP contribution in [-0.2, 0) is 9.59 Å². The minimum Gasteiger partial charge on any atom is -0.353 e. The van der Waals surface area contributed by atoms with Crippen LogP contribution in [0.2, 0.25) is 0 Å². The Morgan fingerprint density at radius 3 is 2.61 bits per heavy atom. The molecule has 1 saturated heterocycles. The van der Waals surface area contributed by atoms with Crippen LogP contribution >= 0.6 is 11.8 Å². The first-order valence-corrected chi connectivity index (χ1v) is 7.81. The molecule has 1 heterocycles. The van der Waals surface area contributed by atoms with Gasteiger partial charge in [0.15, 0.2) is 0 Å². The third kappa shape index (κ3) is 3.62. The van der Waals surface area contributed by atoms with Gasteiger partial charge in [-0.25, -0.2) is 0 Å². The van der Waals surface area contributed by atoms with E-state index < -0.39 is 0 Å². The molecule has 0 aromatic carbocycles. The van der Waals surface area contributed by atoms with E-state index in [0.717, 1.165) is 18.1 Å². The van der Waals surface area contributed by atoms with Crippen molar-refractivity contribution in [1.29, 1.82) is 0 Å². The number of amides is 2. The number of carbonyl (C=O) groups is 2. The highest BCUT2D eigenvalue weighted by molar-refractivity contribution is 7.99. The number of hydrogen-bond acceptors (Lipinski definition) is 4. The molecular formula is C12H21N3O2S. The second-order valence-corrected chi connectivity index (χ2v) is 6.09. The van der Waals surface area contributed by atoms with E-state index in [2.05, 4.69) is 22.2 Å². The summed E-state index contributed by atoms with van der Waals surface area (Å²) in [6.45, 7) is 0.627. The predicted octanol–water partition coefficient (Wildman–Crippen LogP) is -0.135. The Bertz CT molecular complexity index is 306. The van der Waals surface area contributed by atoms with E-state index in [9.17, 15) is 9.59 Å². The zero-order valence-electron chi connectivity index (χ0n) is 10.7. The Hall–Kier alpha value is -0.750. The average molecular weight is 271 g/mol. The Balaban J connectivity index is 1.73. The molecule has 2 fully saturated rings. The fourth-order valence-corrected chi connectivity index (χ4v) is 3.24. The molecule has 0 aromatic rings. The summed E-state index contributed by atoms with van der Waals surface area (Å²) >= 11 is 1.92. The van der Waals surface area contributed by atoms with Crippen molar-refractivity contribution < 1.29 is 9.59 Å². The first kappa shape index (κ1) is 13.7. The Morgan fingerprint density at radius 1 is 1.33 bits per heavy atom. The van der Waals surface area contributed by atoms with E-state index in [1.165, 1.54) is 12.8 Å². The monoisotopic (exact) mass is 271 g/mol. The molecule has 2 rings (SSSR count). The lowest BCUT2D eigenvalue weighted by molar-refractivity contribution is -0.127. The van der Waals surface area contributed by atoms with Crippen LogP contribution < -0.4 is 16.0 Å². The van der Waals surface area contributed by atoms with Crippen LogP contribution in [0.25, 0.3) is 0 Å². The summed E-state index contributed by atoms with van der Waals surface area (Å²) in [6.07, 6.45) is 6.65. The molecule has 2 amide bonds. The van der Waals surface area contributed by atoms with Gasteiger partial charge in [-0.15, -0.1) is 0 Å². The molecule has 2 aliphatic rings. The molecular weight excluding hydrogens is 250 g/mol. The zero-order chi connectivity index (χ0) is 13.0. The van der Waals surface area contributed by atoms with Gasteiger partial charge >= 0.3 is 0 Å². The first-order chi connectivity index (χ1) is 8.69. The number of nitrogens with one attached hydrogen (secondary N) is 3. The Kier molecular flexibility index (Phi) is 4.88. The normalized spacial score (nSPS) is 32.7. The summed E-state index contributed by atoms with van der Waals surface area (Å²) in [5, 5.41) is 9.49. The van der Waals surface area contributed by atoms with Crippen LogP contribution in [-0.4, -0.2) is 48.5 Å². The van der Waals surface area contributed by atoms with Crippen molar-refractivity contribution in [3.8, 4) is 0 Å². The fourth-order valence-electron chi connectivity index (χ4n) is 2.50. The van der Waals surface area contributed by atoms with Gasteiger partial charge in [-0.05, 0) is 31.9 Å². The van der Waals surface area contributed by atoms with Crippen LogP contribution in [0.15, 0.2) is 0 Å². The van der Waals surface area contributed by atoms with Crippen molar-refractivity contribution >= 4 is 23.6 Å². The van der Waals surface area contributed by atoms with E-state index >= 15 is 0 Å². The van der Waals surface area contributed by atoms with Crippen LogP contribution in [0.1, 0.15) is 25.7 Å². The van der Waals surface area contributed by atoms with Crippen LogP contribution in [0.3, 0.4) is 0 Å². The molecule has 1 aliphatic heterocycles. The highest BCUT2D eigenvalue weighted by Gasteiger charge is 2.27. The number of piperazine rings is 1. The number of hydrogen-bond donors (Lipinski definition) is 3. The van der Waals surface area contributed by atoms with Crippen molar-refractivity contribution in [3.05, 3.63) is 0 Å². The minimum absolute atomic E-state index is 0.0163. The number of rotatable bonds is 3. The summed E-state index contributed by atoms with van der Waals surface area (Å²) in [4.78, 5) is 23.0. The molecule has 1 saturated carbocycles. The summed E-state index contributed by atoms with van der Waals surface area (Å²) in [5.74, 6) is -0.0258. The van der Waals surface area contributed by atoms with Crippen molar-refractivity contribution in [3.63, 3.8) is 0 Å². The summed E-state index contributed by atoms with van der Waals surface area (Å²) in [5.41, 5.74) is 0. The highest BCUT2D eigenvalue weighted by Crippen LogP contribution is 2.26. The van der Waals surface area contributed by atoms with Gasteiger partial charge in [0.1, 0.15) is 6.04 Å². The van der Waals surface area contributed by atoms with Gasteiger partial charge < -0.3 is 10.6 Å². The fraction of sp³-hybridized carbons (Fsp3) is 0.833. The molecule has 0 radical (unpaired) electrons. The summed E-state index contributed by atoms with van der Waals surface area (Å²) in [7, 11) is 0. The maximum Gasteiger partial charge on any atom is 0.239 e. The molecule has 1 unspecified atom stereocenters. The second kappa shape index (κ2) is 6.43. The van der Waals surface area contributed by atoms with Gasteiger partial charge in [0.2, 0.25) is 11.8 Å². The van der Waals surface area contributed by atoms with Crippen molar-refractivity contribution in [1.82, 2.24) is 16.0 Å². The van der Waals surface area contributed by atoms with E-state index in [1.807, 2.05) is 11.8 Å². The Labute approximate surface area is 112 Å². The standard InChI is InChI=1S/C12H21N3O2S/c1-18-9-4-2-8(3-5-9)15-12(17)10-6-14-11(16)7-13-10/h8-10,13H,2-7H2,1H3,(H,14,16)(H,15,17). The topological polar surface area (TPSA) is 70.2 Å². The lowest BCUT2D eigenvalue weighted by atomic mass is 9.94. The van der Waals surface area contributed by atoms with Gasteiger partial charge in [0.25, 0.3) is 0 Å². The third-order valence-corrected chi connectivity index (χ3v) is 4.82. The summed E-state index contributed by atoms with van der Waals surface area (Å²) in [6, 6.07) is 0.0290. The van der Waals surface area contributed by atoms with Gasteiger partial charge in [-0.1, -0.05) is 0 Å². The second-order valence-electron chi connectivity index (χ2n) is 4.96. The van der Waals surface area contributed by atoms with Gasteiger partial charge in [0, 0.05) is 17.8 Å². The quantitative estimate of drug-likeness (QED) is 0.668. The third-order valence-electron chi connectivity index (χ3n) is 3.68. The smallest absolute Gasteiger partial charge is 0.239 e. The number of thioether (sulfide) groups is 1. The minimum atomic E-state index is -0.277. The largest absolute Gasteiger partial charge is 0.353 e.